The second-order valence-corrected chi connectivity index (χ2v) is 4.62. The summed E-state index contributed by atoms with van der Waals surface area (Å²) in [6.07, 6.45) is 0. The lowest BCUT2D eigenvalue weighted by Crippen LogP contribution is -1.99. The van der Waals surface area contributed by atoms with E-state index in [9.17, 15) is 4.79 Å². The molecular formula is C16H11ClO3. The molecule has 0 saturated heterocycles. The van der Waals surface area contributed by atoms with Crippen LogP contribution >= 0.6 is 11.6 Å². The summed E-state index contributed by atoms with van der Waals surface area (Å²) in [5.74, 6) is 0.870. The highest BCUT2D eigenvalue weighted by atomic mass is 35.5. The molecule has 0 fully saturated rings. The number of rotatable bonds is 4. The van der Waals surface area contributed by atoms with Crippen molar-refractivity contribution >= 4 is 27.8 Å². The number of hydrogen-bond acceptors (Lipinski definition) is 3. The third-order valence-electron chi connectivity index (χ3n) is 3.00. The molecule has 0 spiro atoms. The number of hydrogen-bond donors (Lipinski definition) is 0. The van der Waals surface area contributed by atoms with Gasteiger partial charge in [-0.25, -0.2) is 0 Å². The van der Waals surface area contributed by atoms with Crippen LogP contribution < -0.4 is 4.74 Å². The predicted octanol–water partition coefficient (Wildman–Crippen LogP) is 4.39. The first-order valence-electron chi connectivity index (χ1n) is 6.14. The van der Waals surface area contributed by atoms with Gasteiger partial charge in [0.2, 0.25) is 0 Å². The van der Waals surface area contributed by atoms with Crippen molar-refractivity contribution in [2.45, 2.75) is 6.61 Å². The minimum absolute atomic E-state index is 0.142. The number of carbonyl (C=O) groups is 1. The maximum absolute atomic E-state index is 11.5. The van der Waals surface area contributed by atoms with E-state index < -0.39 is 5.24 Å². The maximum Gasteiger partial charge on any atom is 0.288 e. The molecule has 1 heterocycles. The van der Waals surface area contributed by atoms with Gasteiger partial charge in [-0.05, 0) is 29.8 Å². The summed E-state index contributed by atoms with van der Waals surface area (Å²) in [6.45, 7) is 0.231. The van der Waals surface area contributed by atoms with Crippen LogP contribution in [0.4, 0.5) is 0 Å². The lowest BCUT2D eigenvalue weighted by molar-refractivity contribution is 0.105. The van der Waals surface area contributed by atoms with Gasteiger partial charge in [-0.15, -0.1) is 0 Å². The van der Waals surface area contributed by atoms with Crippen molar-refractivity contribution in [1.29, 1.82) is 0 Å². The Kier molecular flexibility index (Phi) is 3.44. The zero-order chi connectivity index (χ0) is 13.9. The molecule has 0 aliphatic heterocycles. The normalized spacial score (nSPS) is 10.7. The summed E-state index contributed by atoms with van der Waals surface area (Å²) in [7, 11) is 0. The van der Waals surface area contributed by atoms with E-state index in [1.54, 1.807) is 6.07 Å². The van der Waals surface area contributed by atoms with Crippen LogP contribution in [0.2, 0.25) is 0 Å². The van der Waals surface area contributed by atoms with E-state index in [1.807, 2.05) is 48.5 Å². The van der Waals surface area contributed by atoms with Crippen LogP contribution in [0.1, 0.15) is 16.1 Å². The summed E-state index contributed by atoms with van der Waals surface area (Å²) in [4.78, 5) is 11.5. The predicted molar refractivity (Wildman–Crippen MR) is 77.2 cm³/mol. The molecule has 0 aliphatic carbocycles. The molecule has 0 aliphatic rings. The summed E-state index contributed by atoms with van der Waals surface area (Å²) in [5.41, 5.74) is 1.30. The number of carbonyl (C=O) groups excluding carboxylic acids is 1. The van der Waals surface area contributed by atoms with Crippen molar-refractivity contribution in [3.63, 3.8) is 0 Å². The quantitative estimate of drug-likeness (QED) is 0.668. The molecular weight excluding hydrogens is 276 g/mol. The number of benzene rings is 2. The minimum atomic E-state index is -0.618. The summed E-state index contributed by atoms with van der Waals surface area (Å²) >= 11 is 5.57. The molecule has 100 valence electrons. The molecule has 0 atom stereocenters. The lowest BCUT2D eigenvalue weighted by atomic mass is 10.1. The number of fused-ring (bicyclic) bond motifs is 1. The van der Waals surface area contributed by atoms with Gasteiger partial charge in [0.1, 0.15) is 17.9 Å². The molecule has 20 heavy (non-hydrogen) atoms. The molecule has 0 unspecified atom stereocenters. The first-order chi connectivity index (χ1) is 9.75. The topological polar surface area (TPSA) is 39.4 Å². The van der Waals surface area contributed by atoms with E-state index in [-0.39, 0.29) is 12.4 Å². The van der Waals surface area contributed by atoms with Gasteiger partial charge in [0.05, 0.1) is 0 Å². The van der Waals surface area contributed by atoms with Crippen LogP contribution in [0.5, 0.6) is 5.75 Å². The van der Waals surface area contributed by atoms with E-state index >= 15 is 0 Å². The van der Waals surface area contributed by atoms with E-state index in [2.05, 4.69) is 0 Å². The maximum atomic E-state index is 11.5. The number of furan rings is 1. The van der Waals surface area contributed by atoms with Crippen LogP contribution in [-0.2, 0) is 6.61 Å². The molecule has 3 nitrogen and oxygen atoms in total. The van der Waals surface area contributed by atoms with Crippen molar-refractivity contribution in [1.82, 2.24) is 0 Å². The summed E-state index contributed by atoms with van der Waals surface area (Å²) in [5, 5.41) is 0.222. The second-order valence-electron chi connectivity index (χ2n) is 4.28. The first-order valence-corrected chi connectivity index (χ1v) is 6.51. The first kappa shape index (κ1) is 12.8. The monoisotopic (exact) mass is 286 g/mol. The fraction of sp³-hybridized carbons (Fsp3) is 0.0625. The molecule has 1 aromatic heterocycles. The number of ether oxygens (including phenoxy) is 1. The molecule has 0 bridgehead atoms. The Morgan fingerprint density at radius 3 is 2.50 bits per heavy atom. The van der Waals surface area contributed by atoms with Gasteiger partial charge in [0.15, 0.2) is 5.76 Å². The van der Waals surface area contributed by atoms with Crippen LogP contribution in [0.25, 0.3) is 11.0 Å². The Balaban J connectivity index is 1.97. The van der Waals surface area contributed by atoms with E-state index in [0.717, 1.165) is 11.1 Å². The molecule has 3 rings (SSSR count). The Morgan fingerprint density at radius 2 is 1.75 bits per heavy atom. The van der Waals surface area contributed by atoms with Crippen molar-refractivity contribution in [2.75, 3.05) is 0 Å². The molecule has 2 aromatic carbocycles. The molecule has 0 radical (unpaired) electrons. The second kappa shape index (κ2) is 5.39. The largest absolute Gasteiger partial charge is 0.489 e. The van der Waals surface area contributed by atoms with Crippen LogP contribution in [-0.4, -0.2) is 5.24 Å². The number of halogens is 1. The molecule has 4 heteroatoms. The zero-order valence-corrected chi connectivity index (χ0v) is 11.3. The van der Waals surface area contributed by atoms with E-state index in [1.165, 1.54) is 0 Å². The average Bonchev–Trinajstić information content (AvgIpc) is 2.85. The summed E-state index contributed by atoms with van der Waals surface area (Å²) in [6, 6.07) is 16.8. The average molecular weight is 287 g/mol. The van der Waals surface area contributed by atoms with Crippen LogP contribution in [0.3, 0.4) is 0 Å². The highest BCUT2D eigenvalue weighted by molar-refractivity contribution is 6.67. The third-order valence-corrected chi connectivity index (χ3v) is 3.17. The third kappa shape index (κ3) is 2.40. The van der Waals surface area contributed by atoms with E-state index in [0.29, 0.717) is 11.1 Å². The fourth-order valence-electron chi connectivity index (χ4n) is 2.07. The summed E-state index contributed by atoms with van der Waals surface area (Å²) < 4.78 is 11.2. The van der Waals surface area contributed by atoms with Gasteiger partial charge in [-0.3, -0.25) is 4.79 Å². The highest BCUT2D eigenvalue weighted by Gasteiger charge is 2.19. The molecule has 0 N–H and O–H groups in total. The highest BCUT2D eigenvalue weighted by Crippen LogP contribution is 2.28. The van der Waals surface area contributed by atoms with Gasteiger partial charge >= 0.3 is 0 Å². The van der Waals surface area contributed by atoms with Gasteiger partial charge in [-0.2, -0.15) is 0 Å². The fourth-order valence-corrected chi connectivity index (χ4v) is 2.23. The number of para-hydroxylation sites is 2. The smallest absolute Gasteiger partial charge is 0.288 e. The van der Waals surface area contributed by atoms with Crippen LogP contribution in [0.15, 0.2) is 59.0 Å². The van der Waals surface area contributed by atoms with E-state index in [4.69, 9.17) is 20.8 Å². The SMILES string of the molecule is O=C(Cl)c1oc2ccccc2c1COc1ccccc1. The van der Waals surface area contributed by atoms with Crippen molar-refractivity contribution in [2.24, 2.45) is 0 Å². The molecule has 3 aromatic rings. The van der Waals surface area contributed by atoms with Gasteiger partial charge in [-0.1, -0.05) is 36.4 Å². The van der Waals surface area contributed by atoms with Crippen molar-refractivity contribution in [3.05, 3.63) is 65.9 Å². The Bertz CT molecular complexity index is 747. The molecule has 0 saturated carbocycles. The standard InChI is InChI=1S/C16H11ClO3/c17-16(18)15-13(10-19-11-6-2-1-3-7-11)12-8-4-5-9-14(12)20-15/h1-9H,10H2. The van der Waals surface area contributed by atoms with Gasteiger partial charge in [0, 0.05) is 10.9 Å². The Hall–Kier alpha value is -2.26. The minimum Gasteiger partial charge on any atom is -0.489 e. The Morgan fingerprint density at radius 1 is 1.05 bits per heavy atom. The molecule has 0 amide bonds. The Labute approximate surface area is 120 Å². The van der Waals surface area contributed by atoms with Gasteiger partial charge in [0.25, 0.3) is 5.24 Å². The van der Waals surface area contributed by atoms with Crippen molar-refractivity contribution < 1.29 is 13.9 Å². The van der Waals surface area contributed by atoms with Crippen molar-refractivity contribution in [3.8, 4) is 5.75 Å². The van der Waals surface area contributed by atoms with Crippen LogP contribution in [0, 0.1) is 0 Å². The lowest BCUT2D eigenvalue weighted by Gasteiger charge is -2.05. The van der Waals surface area contributed by atoms with Gasteiger partial charge < -0.3 is 9.15 Å². The zero-order valence-electron chi connectivity index (χ0n) is 10.5.